The third-order valence-corrected chi connectivity index (χ3v) is 2.93. The summed E-state index contributed by atoms with van der Waals surface area (Å²) in [5.41, 5.74) is 0. The molecule has 0 spiro atoms. The van der Waals surface area contributed by atoms with Gasteiger partial charge >= 0.3 is 6.18 Å². The molecule has 0 saturated carbocycles. The molecule has 1 atom stereocenters. The SMILES string of the molecule is CC(C)(C)S(=O)CC(F)(F)F. The van der Waals surface area contributed by atoms with Gasteiger partial charge in [0.05, 0.1) is 0 Å². The molecule has 0 aliphatic heterocycles. The Labute approximate surface area is 66.4 Å². The van der Waals surface area contributed by atoms with E-state index in [1.165, 1.54) is 20.8 Å². The highest BCUT2D eigenvalue weighted by Crippen LogP contribution is 2.21. The monoisotopic (exact) mass is 188 g/mol. The lowest BCUT2D eigenvalue weighted by Crippen LogP contribution is -2.30. The van der Waals surface area contributed by atoms with Crippen LogP contribution in [0.4, 0.5) is 13.2 Å². The zero-order valence-corrected chi connectivity index (χ0v) is 7.47. The van der Waals surface area contributed by atoms with Crippen molar-refractivity contribution in [1.82, 2.24) is 0 Å². The fourth-order valence-electron chi connectivity index (χ4n) is 0.365. The normalized spacial score (nSPS) is 16.5. The van der Waals surface area contributed by atoms with Crippen molar-refractivity contribution < 1.29 is 17.4 Å². The standard InChI is InChI=1S/C6H11F3OS/c1-5(2,3)11(10)4-6(7,8)9/h4H2,1-3H3. The Balaban J connectivity index is 4.11. The van der Waals surface area contributed by atoms with Crippen LogP contribution in [0.3, 0.4) is 0 Å². The van der Waals surface area contributed by atoms with Gasteiger partial charge in [0.25, 0.3) is 0 Å². The van der Waals surface area contributed by atoms with E-state index in [4.69, 9.17) is 0 Å². The number of hydrogen-bond acceptors (Lipinski definition) is 1. The highest BCUT2D eigenvalue weighted by atomic mass is 32.2. The summed E-state index contributed by atoms with van der Waals surface area (Å²) < 4.78 is 45.0. The Bertz CT molecular complexity index is 156. The third kappa shape index (κ3) is 5.24. The second kappa shape index (κ2) is 3.13. The summed E-state index contributed by atoms with van der Waals surface area (Å²) in [6, 6.07) is 0. The molecule has 0 aromatic carbocycles. The van der Waals surface area contributed by atoms with Crippen molar-refractivity contribution in [2.24, 2.45) is 0 Å². The van der Waals surface area contributed by atoms with Gasteiger partial charge in [-0.15, -0.1) is 0 Å². The molecule has 0 aromatic heterocycles. The molecule has 0 aromatic rings. The second-order valence-electron chi connectivity index (χ2n) is 3.22. The van der Waals surface area contributed by atoms with Crippen molar-refractivity contribution in [3.8, 4) is 0 Å². The van der Waals surface area contributed by atoms with Crippen LogP contribution in [0.25, 0.3) is 0 Å². The summed E-state index contributed by atoms with van der Waals surface area (Å²) in [4.78, 5) is 0. The quantitative estimate of drug-likeness (QED) is 0.615. The molecule has 0 radical (unpaired) electrons. The van der Waals surface area contributed by atoms with E-state index in [9.17, 15) is 17.4 Å². The van der Waals surface area contributed by atoms with E-state index in [1.807, 2.05) is 0 Å². The van der Waals surface area contributed by atoms with Gasteiger partial charge in [-0.2, -0.15) is 13.2 Å². The Morgan fingerprint density at radius 2 is 1.55 bits per heavy atom. The van der Waals surface area contributed by atoms with E-state index >= 15 is 0 Å². The van der Waals surface area contributed by atoms with Gasteiger partial charge in [0, 0.05) is 15.5 Å². The summed E-state index contributed by atoms with van der Waals surface area (Å²) in [6.45, 7) is 4.57. The second-order valence-corrected chi connectivity index (χ2v) is 5.42. The number of halogens is 3. The number of hydrogen-bond donors (Lipinski definition) is 0. The summed E-state index contributed by atoms with van der Waals surface area (Å²) >= 11 is 0. The molecule has 0 aliphatic carbocycles. The molecule has 0 heterocycles. The van der Waals surface area contributed by atoms with Crippen molar-refractivity contribution in [3.05, 3.63) is 0 Å². The lowest BCUT2D eigenvalue weighted by molar-refractivity contribution is -0.106. The first-order valence-electron chi connectivity index (χ1n) is 3.08. The van der Waals surface area contributed by atoms with Crippen molar-refractivity contribution in [3.63, 3.8) is 0 Å². The van der Waals surface area contributed by atoms with Gasteiger partial charge in [0.1, 0.15) is 5.75 Å². The van der Waals surface area contributed by atoms with Crippen molar-refractivity contribution >= 4 is 10.8 Å². The predicted molar refractivity (Wildman–Crippen MR) is 38.8 cm³/mol. The highest BCUT2D eigenvalue weighted by molar-refractivity contribution is 7.86. The summed E-state index contributed by atoms with van der Waals surface area (Å²) in [5, 5.41) is 0. The van der Waals surface area contributed by atoms with Crippen LogP contribution in [-0.4, -0.2) is 20.9 Å². The first kappa shape index (κ1) is 10.9. The summed E-state index contributed by atoms with van der Waals surface area (Å²) in [5.74, 6) is -1.21. The van der Waals surface area contributed by atoms with Gasteiger partial charge < -0.3 is 0 Å². The molecule has 0 rings (SSSR count). The van der Waals surface area contributed by atoms with E-state index in [0.29, 0.717) is 0 Å². The topological polar surface area (TPSA) is 17.1 Å². The zero-order valence-electron chi connectivity index (χ0n) is 6.66. The third-order valence-electron chi connectivity index (χ3n) is 0.978. The molecule has 1 nitrogen and oxygen atoms in total. The molecule has 68 valence electrons. The first-order chi connectivity index (χ1) is 4.63. The molecule has 5 heteroatoms. The maximum absolute atomic E-state index is 11.6. The van der Waals surface area contributed by atoms with Crippen LogP contribution < -0.4 is 0 Å². The van der Waals surface area contributed by atoms with Crippen LogP contribution >= 0.6 is 0 Å². The van der Waals surface area contributed by atoms with Gasteiger partial charge in [-0.05, 0) is 20.8 Å². The Hall–Kier alpha value is -0.0600. The fraction of sp³-hybridized carbons (Fsp3) is 1.00. The molecule has 0 aliphatic rings. The molecule has 0 N–H and O–H groups in total. The van der Waals surface area contributed by atoms with Gasteiger partial charge in [-0.1, -0.05) is 0 Å². The molecule has 11 heavy (non-hydrogen) atoms. The molecule has 0 bridgehead atoms. The maximum atomic E-state index is 11.6. The van der Waals surface area contributed by atoms with E-state index in [2.05, 4.69) is 0 Å². The molecule has 1 unspecified atom stereocenters. The lowest BCUT2D eigenvalue weighted by Gasteiger charge is -2.18. The Kier molecular flexibility index (Phi) is 3.11. The summed E-state index contributed by atoms with van der Waals surface area (Å²) in [7, 11) is -1.83. The smallest absolute Gasteiger partial charge is 0.259 e. The van der Waals surface area contributed by atoms with Crippen LogP contribution in [0.2, 0.25) is 0 Å². The summed E-state index contributed by atoms with van der Waals surface area (Å²) in [6.07, 6.45) is -4.32. The number of alkyl halides is 3. The molecule has 0 amide bonds. The first-order valence-corrected chi connectivity index (χ1v) is 4.40. The van der Waals surface area contributed by atoms with Crippen LogP contribution in [0.5, 0.6) is 0 Å². The van der Waals surface area contributed by atoms with Crippen LogP contribution in [0.1, 0.15) is 20.8 Å². The zero-order chi connectivity index (χ0) is 9.28. The largest absolute Gasteiger partial charge is 0.400 e. The van der Waals surface area contributed by atoms with Crippen molar-refractivity contribution in [2.75, 3.05) is 5.75 Å². The van der Waals surface area contributed by atoms with Gasteiger partial charge in [-0.25, -0.2) is 0 Å². The minimum absolute atomic E-state index is 0.782. The fourth-order valence-corrected chi connectivity index (χ4v) is 1.10. The lowest BCUT2D eigenvalue weighted by atomic mass is 10.3. The minimum atomic E-state index is -4.32. The highest BCUT2D eigenvalue weighted by Gasteiger charge is 2.34. The van der Waals surface area contributed by atoms with Crippen LogP contribution in [-0.2, 0) is 10.8 Å². The Morgan fingerprint density at radius 3 is 1.64 bits per heavy atom. The molecular weight excluding hydrogens is 177 g/mol. The van der Waals surface area contributed by atoms with E-state index in [-0.39, 0.29) is 0 Å². The van der Waals surface area contributed by atoms with Gasteiger partial charge in [0.2, 0.25) is 0 Å². The predicted octanol–water partition coefficient (Wildman–Crippen LogP) is 2.10. The average molecular weight is 188 g/mol. The molecule has 0 fully saturated rings. The van der Waals surface area contributed by atoms with E-state index in [0.717, 1.165) is 0 Å². The van der Waals surface area contributed by atoms with Crippen LogP contribution in [0.15, 0.2) is 0 Å². The van der Waals surface area contributed by atoms with Crippen LogP contribution in [0, 0.1) is 0 Å². The van der Waals surface area contributed by atoms with Crippen molar-refractivity contribution in [2.45, 2.75) is 31.7 Å². The Morgan fingerprint density at radius 1 is 1.18 bits per heavy atom. The minimum Gasteiger partial charge on any atom is -0.259 e. The van der Waals surface area contributed by atoms with E-state index < -0.39 is 27.5 Å². The average Bonchev–Trinajstić information content (AvgIpc) is 1.56. The van der Waals surface area contributed by atoms with Gasteiger partial charge in [0.15, 0.2) is 0 Å². The van der Waals surface area contributed by atoms with Gasteiger partial charge in [-0.3, -0.25) is 4.21 Å². The van der Waals surface area contributed by atoms with E-state index in [1.54, 1.807) is 0 Å². The number of rotatable bonds is 1. The molecular formula is C6H11F3OS. The molecule has 0 saturated heterocycles. The van der Waals surface area contributed by atoms with Crippen molar-refractivity contribution in [1.29, 1.82) is 0 Å². The maximum Gasteiger partial charge on any atom is 0.400 e.